The van der Waals surface area contributed by atoms with Crippen molar-refractivity contribution in [3.8, 4) is 0 Å². The molecular formula is C20H17FN4O. The smallest absolute Gasteiger partial charge is 0.221 e. The van der Waals surface area contributed by atoms with Gasteiger partial charge < -0.3 is 5.73 Å². The number of primary amides is 1. The van der Waals surface area contributed by atoms with Gasteiger partial charge in [0, 0.05) is 6.20 Å². The van der Waals surface area contributed by atoms with Crippen molar-refractivity contribution >= 4 is 23.0 Å². The molecule has 2 aliphatic heterocycles. The van der Waals surface area contributed by atoms with E-state index in [4.69, 9.17) is 5.73 Å². The molecule has 0 fully saturated rings. The lowest BCUT2D eigenvalue weighted by molar-refractivity contribution is -0.117. The van der Waals surface area contributed by atoms with Crippen LogP contribution >= 0.6 is 0 Å². The monoisotopic (exact) mass is 348 g/mol. The second kappa shape index (κ2) is 6.48. The third kappa shape index (κ3) is 2.97. The fourth-order valence-electron chi connectivity index (χ4n) is 3.06. The molecular weight excluding hydrogens is 331 g/mol. The van der Waals surface area contributed by atoms with Crippen LogP contribution in [0.15, 0.2) is 71.9 Å². The molecule has 130 valence electrons. The van der Waals surface area contributed by atoms with Gasteiger partial charge in [-0.25, -0.2) is 14.4 Å². The van der Waals surface area contributed by atoms with Gasteiger partial charge in [-0.15, -0.1) is 0 Å². The van der Waals surface area contributed by atoms with Crippen LogP contribution in [0.25, 0.3) is 5.57 Å². The van der Waals surface area contributed by atoms with E-state index in [2.05, 4.69) is 4.99 Å². The number of hydrogen-bond acceptors (Lipinski definition) is 4. The van der Waals surface area contributed by atoms with E-state index in [9.17, 15) is 9.18 Å². The van der Waals surface area contributed by atoms with Crippen molar-refractivity contribution in [3.05, 3.63) is 83.8 Å². The number of carbonyl (C=O) groups excluding carboxylic acids is 1. The minimum absolute atomic E-state index is 0.229. The van der Waals surface area contributed by atoms with Gasteiger partial charge in [0.1, 0.15) is 18.3 Å². The molecule has 2 aromatic carbocycles. The predicted octanol–water partition coefficient (Wildman–Crippen LogP) is 2.86. The lowest BCUT2D eigenvalue weighted by atomic mass is 10.0. The molecule has 2 N–H and O–H groups in total. The van der Waals surface area contributed by atoms with Gasteiger partial charge >= 0.3 is 0 Å². The van der Waals surface area contributed by atoms with E-state index in [-0.39, 0.29) is 18.1 Å². The van der Waals surface area contributed by atoms with E-state index >= 15 is 0 Å². The number of rotatable bonds is 4. The summed E-state index contributed by atoms with van der Waals surface area (Å²) in [5, 5.41) is 3.62. The molecule has 0 unspecified atom stereocenters. The van der Waals surface area contributed by atoms with Crippen molar-refractivity contribution in [3.63, 3.8) is 0 Å². The molecule has 0 bridgehead atoms. The Labute approximate surface area is 150 Å². The topological polar surface area (TPSA) is 61.9 Å². The summed E-state index contributed by atoms with van der Waals surface area (Å²) in [6, 6.07) is 14.3. The Bertz CT molecular complexity index is 947. The first-order valence-electron chi connectivity index (χ1n) is 8.25. The quantitative estimate of drug-likeness (QED) is 0.924. The van der Waals surface area contributed by atoms with Crippen LogP contribution in [0.3, 0.4) is 0 Å². The standard InChI is InChI=1S/C20H17FN4O/c21-17-3-1-2-4-18(17)25-13-23-20-12-16(9-10-24(20)25)15-7-5-14(6-8-15)11-19(22)26/h1-10,12H,11,13H2,(H2,22,26). The summed E-state index contributed by atoms with van der Waals surface area (Å²) in [4.78, 5) is 15.5. The normalized spacial score (nSPS) is 15.6. The summed E-state index contributed by atoms with van der Waals surface area (Å²) in [7, 11) is 0. The number of anilines is 1. The molecule has 0 saturated heterocycles. The number of hydrogen-bond donors (Lipinski definition) is 1. The van der Waals surface area contributed by atoms with Crippen LogP contribution in [0.4, 0.5) is 10.1 Å². The van der Waals surface area contributed by atoms with Crippen molar-refractivity contribution < 1.29 is 9.18 Å². The number of nitrogens with two attached hydrogens (primary N) is 1. The van der Waals surface area contributed by atoms with Gasteiger partial charge in [-0.05, 0) is 41.0 Å². The summed E-state index contributed by atoms with van der Waals surface area (Å²) < 4.78 is 14.1. The molecule has 2 aliphatic rings. The molecule has 0 atom stereocenters. The maximum atomic E-state index is 14.1. The Morgan fingerprint density at radius 1 is 1.15 bits per heavy atom. The number of nitrogens with zero attached hydrogens (tertiary/aromatic N) is 3. The first kappa shape index (κ1) is 16.1. The fraction of sp³-hybridized carbons (Fsp3) is 0.100. The SMILES string of the molecule is NC(=O)Cc1ccc(C2=CC3=NCN(c4ccccc4F)N3C=C2)cc1. The van der Waals surface area contributed by atoms with E-state index in [1.807, 2.05) is 47.6 Å². The average molecular weight is 348 g/mol. The van der Waals surface area contributed by atoms with E-state index in [0.29, 0.717) is 12.4 Å². The minimum atomic E-state index is -0.348. The number of para-hydroxylation sites is 1. The van der Waals surface area contributed by atoms with Crippen LogP contribution in [0, 0.1) is 5.82 Å². The molecule has 0 aliphatic carbocycles. The molecule has 0 saturated carbocycles. The van der Waals surface area contributed by atoms with Crippen LogP contribution in [0.2, 0.25) is 0 Å². The van der Waals surface area contributed by atoms with Gasteiger partial charge in [-0.2, -0.15) is 0 Å². The van der Waals surface area contributed by atoms with Gasteiger partial charge in [0.15, 0.2) is 0 Å². The molecule has 4 rings (SSSR count). The highest BCUT2D eigenvalue weighted by Gasteiger charge is 2.27. The zero-order chi connectivity index (χ0) is 18.1. The molecule has 0 spiro atoms. The highest BCUT2D eigenvalue weighted by molar-refractivity contribution is 6.05. The van der Waals surface area contributed by atoms with Gasteiger partial charge in [0.05, 0.1) is 12.1 Å². The van der Waals surface area contributed by atoms with Crippen molar-refractivity contribution in [2.45, 2.75) is 6.42 Å². The second-order valence-electron chi connectivity index (χ2n) is 6.11. The third-order valence-corrected chi connectivity index (χ3v) is 4.34. The number of hydrazine groups is 1. The molecule has 5 nitrogen and oxygen atoms in total. The van der Waals surface area contributed by atoms with Gasteiger partial charge in [-0.1, -0.05) is 36.4 Å². The largest absolute Gasteiger partial charge is 0.369 e. The van der Waals surface area contributed by atoms with Crippen molar-refractivity contribution in [2.75, 3.05) is 11.7 Å². The maximum absolute atomic E-state index is 14.1. The van der Waals surface area contributed by atoms with E-state index in [0.717, 1.165) is 22.5 Å². The summed E-state index contributed by atoms with van der Waals surface area (Å²) in [5.41, 5.74) is 8.61. The third-order valence-electron chi connectivity index (χ3n) is 4.34. The Morgan fingerprint density at radius 2 is 1.92 bits per heavy atom. The van der Waals surface area contributed by atoms with Crippen LogP contribution in [0.5, 0.6) is 0 Å². The predicted molar refractivity (Wildman–Crippen MR) is 99.5 cm³/mol. The number of fused-ring (bicyclic) bond motifs is 1. The fourth-order valence-corrected chi connectivity index (χ4v) is 3.06. The van der Waals surface area contributed by atoms with Gasteiger partial charge in [0.2, 0.25) is 5.91 Å². The molecule has 2 aromatic rings. The second-order valence-corrected chi connectivity index (χ2v) is 6.11. The minimum Gasteiger partial charge on any atom is -0.369 e. The van der Waals surface area contributed by atoms with Gasteiger partial charge in [-0.3, -0.25) is 9.80 Å². The lowest BCUT2D eigenvalue weighted by Crippen LogP contribution is -2.38. The lowest BCUT2D eigenvalue weighted by Gasteiger charge is -2.30. The number of halogens is 1. The first-order valence-corrected chi connectivity index (χ1v) is 8.25. The van der Waals surface area contributed by atoms with Crippen LogP contribution in [0.1, 0.15) is 11.1 Å². The highest BCUT2D eigenvalue weighted by atomic mass is 19.1. The van der Waals surface area contributed by atoms with Crippen LogP contribution in [-0.2, 0) is 11.2 Å². The van der Waals surface area contributed by atoms with E-state index in [1.165, 1.54) is 6.07 Å². The van der Waals surface area contributed by atoms with Gasteiger partial charge in [0.25, 0.3) is 0 Å². The molecule has 0 radical (unpaired) electrons. The number of amides is 1. The zero-order valence-electron chi connectivity index (χ0n) is 14.0. The average Bonchev–Trinajstić information content (AvgIpc) is 3.05. The Morgan fingerprint density at radius 3 is 2.65 bits per heavy atom. The molecule has 26 heavy (non-hydrogen) atoms. The molecule has 0 aromatic heterocycles. The molecule has 2 heterocycles. The first-order chi connectivity index (χ1) is 12.6. The number of carbonyl (C=O) groups is 1. The summed E-state index contributed by atoms with van der Waals surface area (Å²) in [5.74, 6) is 0.128. The Kier molecular flexibility index (Phi) is 4.01. The van der Waals surface area contributed by atoms with Crippen molar-refractivity contribution in [1.29, 1.82) is 0 Å². The number of allylic oxidation sites excluding steroid dienone is 2. The number of aliphatic imine (C=N–C) groups is 1. The van der Waals surface area contributed by atoms with Crippen molar-refractivity contribution in [2.24, 2.45) is 10.7 Å². The Hall–Kier alpha value is -3.41. The zero-order valence-corrected chi connectivity index (χ0v) is 14.0. The molecule has 6 heteroatoms. The summed E-state index contributed by atoms with van der Waals surface area (Å²) in [6.45, 7) is 0.363. The maximum Gasteiger partial charge on any atom is 0.221 e. The highest BCUT2D eigenvalue weighted by Crippen LogP contribution is 2.29. The van der Waals surface area contributed by atoms with E-state index < -0.39 is 0 Å². The van der Waals surface area contributed by atoms with Crippen LogP contribution in [-0.4, -0.2) is 23.4 Å². The summed E-state index contributed by atoms with van der Waals surface area (Å²) in [6.07, 6.45) is 6.03. The molecule has 1 amide bonds. The summed E-state index contributed by atoms with van der Waals surface area (Å²) >= 11 is 0. The van der Waals surface area contributed by atoms with Crippen molar-refractivity contribution in [1.82, 2.24) is 5.01 Å². The van der Waals surface area contributed by atoms with Crippen LogP contribution < -0.4 is 10.7 Å². The van der Waals surface area contributed by atoms with E-state index in [1.54, 1.807) is 23.2 Å². The Balaban J connectivity index is 1.55. The number of benzene rings is 2. The number of amidine groups is 1.